The zero-order valence-corrected chi connectivity index (χ0v) is 14.6. The van der Waals surface area contributed by atoms with Crippen LogP contribution in [-0.4, -0.2) is 40.8 Å². The van der Waals surface area contributed by atoms with Gasteiger partial charge in [-0.25, -0.2) is 4.79 Å². The molecule has 5 N–H and O–H groups in total. The molecule has 3 atom stereocenters. The molecule has 0 saturated heterocycles. The summed E-state index contributed by atoms with van der Waals surface area (Å²) in [5.41, 5.74) is 8.10. The zero-order valence-electron chi connectivity index (χ0n) is 13.8. The maximum absolute atomic E-state index is 12.2. The minimum atomic E-state index is -0.815. The first-order valence-corrected chi connectivity index (χ1v) is 9.18. The molecular weight excluding hydrogens is 342 g/mol. The van der Waals surface area contributed by atoms with Crippen molar-refractivity contribution in [2.75, 3.05) is 12.3 Å². The van der Waals surface area contributed by atoms with E-state index < -0.39 is 6.04 Å². The highest BCUT2D eigenvalue weighted by molar-refractivity contribution is 8.00. The first-order chi connectivity index (χ1) is 12.0. The number of carbonyl (C=O) groups is 2. The number of nitrogens with one attached hydrogen (secondary N) is 2. The molecule has 7 nitrogen and oxygen atoms in total. The van der Waals surface area contributed by atoms with E-state index in [4.69, 9.17) is 10.5 Å². The number of ether oxygens (including phenoxy) is 1. The van der Waals surface area contributed by atoms with Crippen molar-refractivity contribution < 1.29 is 19.4 Å². The number of benzene rings is 1. The highest BCUT2D eigenvalue weighted by Gasteiger charge is 2.37. The summed E-state index contributed by atoms with van der Waals surface area (Å²) in [6.45, 7) is 2.33. The van der Waals surface area contributed by atoms with Gasteiger partial charge in [-0.15, -0.1) is 11.8 Å². The van der Waals surface area contributed by atoms with Crippen LogP contribution in [0.3, 0.4) is 0 Å². The topological polar surface area (TPSA) is 114 Å². The predicted molar refractivity (Wildman–Crippen MR) is 94.6 cm³/mol. The normalized spacial score (nSPS) is 23.5. The van der Waals surface area contributed by atoms with Crippen LogP contribution in [0.25, 0.3) is 0 Å². The largest absolute Gasteiger partial charge is 0.508 e. The van der Waals surface area contributed by atoms with Crippen molar-refractivity contribution in [2.24, 2.45) is 5.73 Å². The van der Waals surface area contributed by atoms with E-state index in [1.165, 1.54) is 12.1 Å². The Balaban J connectivity index is 1.55. The van der Waals surface area contributed by atoms with Crippen molar-refractivity contribution in [3.8, 4) is 5.75 Å². The van der Waals surface area contributed by atoms with Crippen LogP contribution in [0.5, 0.6) is 5.75 Å². The van der Waals surface area contributed by atoms with Gasteiger partial charge in [0.1, 0.15) is 23.6 Å². The molecule has 2 heterocycles. The van der Waals surface area contributed by atoms with Crippen LogP contribution < -0.4 is 16.4 Å². The number of nitrogens with two attached hydrogens (primary N) is 1. The van der Waals surface area contributed by atoms with E-state index in [1.54, 1.807) is 23.9 Å². The van der Waals surface area contributed by atoms with E-state index in [2.05, 4.69) is 10.6 Å². The molecule has 0 aromatic heterocycles. The van der Waals surface area contributed by atoms with E-state index in [0.717, 1.165) is 12.0 Å². The Morgan fingerprint density at radius 1 is 1.48 bits per heavy atom. The Kier molecular flexibility index (Phi) is 5.19. The fourth-order valence-corrected chi connectivity index (χ4v) is 3.95. The molecule has 8 heteroatoms. The third kappa shape index (κ3) is 3.74. The second-order valence-electron chi connectivity index (χ2n) is 5.96. The van der Waals surface area contributed by atoms with Crippen LogP contribution >= 0.6 is 11.8 Å². The van der Waals surface area contributed by atoms with Gasteiger partial charge in [0.05, 0.1) is 5.37 Å². The van der Waals surface area contributed by atoms with Crippen molar-refractivity contribution in [2.45, 2.75) is 30.9 Å². The van der Waals surface area contributed by atoms with Gasteiger partial charge in [-0.1, -0.05) is 19.1 Å². The standard InChI is InChI=1S/C17H21N3O4S/c1-2-12-11-8-25-13(20-15(11)17(23)24-12)7-19-16(22)14(18)9-3-5-10(21)6-4-9/h3-6,12-14,20-21H,2,7-8,18H2,1H3,(H,19,22)/t12?,13?,14-/m1/s1. The van der Waals surface area contributed by atoms with Gasteiger partial charge in [0.2, 0.25) is 5.91 Å². The monoisotopic (exact) mass is 363 g/mol. The summed E-state index contributed by atoms with van der Waals surface area (Å²) in [6.07, 6.45) is 0.622. The number of hydrogen-bond acceptors (Lipinski definition) is 7. The average molecular weight is 363 g/mol. The van der Waals surface area contributed by atoms with Crippen molar-refractivity contribution in [3.05, 3.63) is 41.1 Å². The Morgan fingerprint density at radius 3 is 2.88 bits per heavy atom. The molecule has 0 aliphatic carbocycles. The van der Waals surface area contributed by atoms with E-state index in [0.29, 0.717) is 23.6 Å². The lowest BCUT2D eigenvalue weighted by Crippen LogP contribution is -2.44. The molecule has 0 fully saturated rings. The summed E-state index contributed by atoms with van der Waals surface area (Å²) in [5.74, 6) is 0.196. The van der Waals surface area contributed by atoms with Crippen molar-refractivity contribution in [3.63, 3.8) is 0 Å². The first kappa shape index (κ1) is 17.6. The summed E-state index contributed by atoms with van der Waals surface area (Å²) < 4.78 is 5.32. The summed E-state index contributed by atoms with van der Waals surface area (Å²) in [5, 5.41) is 15.1. The predicted octanol–water partition coefficient (Wildman–Crippen LogP) is 0.760. The number of rotatable bonds is 5. The third-order valence-corrected chi connectivity index (χ3v) is 5.44. The maximum Gasteiger partial charge on any atom is 0.355 e. The number of amides is 1. The molecule has 3 rings (SSSR count). The number of phenolic OH excluding ortho intramolecular Hbond substituents is 1. The van der Waals surface area contributed by atoms with Crippen LogP contribution in [0.1, 0.15) is 24.9 Å². The molecular formula is C17H21N3O4S. The molecule has 134 valence electrons. The first-order valence-electron chi connectivity index (χ1n) is 8.14. The fraction of sp³-hybridized carbons (Fsp3) is 0.412. The molecule has 2 aliphatic rings. The van der Waals surface area contributed by atoms with E-state index in [-0.39, 0.29) is 29.1 Å². The van der Waals surface area contributed by atoms with Gasteiger partial charge in [-0.2, -0.15) is 0 Å². The van der Waals surface area contributed by atoms with Crippen molar-refractivity contribution in [1.82, 2.24) is 10.6 Å². The number of aromatic hydroxyl groups is 1. The van der Waals surface area contributed by atoms with Crippen LogP contribution in [0, 0.1) is 0 Å². The SMILES string of the molecule is CCC1OC(=O)C2=C1CSC(CNC(=O)[C@H](N)c1ccc(O)cc1)N2. The van der Waals surface area contributed by atoms with Gasteiger partial charge >= 0.3 is 5.97 Å². The number of esters is 1. The molecule has 1 amide bonds. The number of phenols is 1. The zero-order chi connectivity index (χ0) is 18.0. The van der Waals surface area contributed by atoms with E-state index in [1.807, 2.05) is 6.92 Å². The van der Waals surface area contributed by atoms with Gasteiger partial charge in [0, 0.05) is 17.9 Å². The Bertz CT molecular complexity index is 704. The molecule has 0 spiro atoms. The molecule has 25 heavy (non-hydrogen) atoms. The molecule has 0 bridgehead atoms. The second kappa shape index (κ2) is 7.37. The van der Waals surface area contributed by atoms with Gasteiger partial charge in [-0.3, -0.25) is 4.79 Å². The molecule has 1 aromatic rings. The molecule has 1 aromatic carbocycles. The lowest BCUT2D eigenvalue weighted by molar-refractivity contribution is -0.140. The van der Waals surface area contributed by atoms with Crippen LogP contribution in [0.2, 0.25) is 0 Å². The van der Waals surface area contributed by atoms with Crippen LogP contribution in [0.4, 0.5) is 0 Å². The smallest absolute Gasteiger partial charge is 0.355 e. The molecule has 2 aliphatic heterocycles. The van der Waals surface area contributed by atoms with E-state index >= 15 is 0 Å². The lowest BCUT2D eigenvalue weighted by atomic mass is 10.1. The summed E-state index contributed by atoms with van der Waals surface area (Å²) in [7, 11) is 0. The van der Waals surface area contributed by atoms with E-state index in [9.17, 15) is 14.7 Å². The van der Waals surface area contributed by atoms with Gasteiger partial charge < -0.3 is 26.2 Å². The molecule has 0 radical (unpaired) electrons. The Hall–Kier alpha value is -2.19. The number of hydrogen-bond donors (Lipinski definition) is 4. The van der Waals surface area contributed by atoms with Crippen LogP contribution in [-0.2, 0) is 14.3 Å². The number of carbonyl (C=O) groups excluding carboxylic acids is 2. The minimum absolute atomic E-state index is 0.113. The third-order valence-electron chi connectivity index (χ3n) is 4.28. The maximum atomic E-state index is 12.2. The van der Waals surface area contributed by atoms with Gasteiger partial charge in [0.15, 0.2) is 0 Å². The van der Waals surface area contributed by atoms with Crippen molar-refractivity contribution in [1.29, 1.82) is 0 Å². The second-order valence-corrected chi connectivity index (χ2v) is 7.15. The summed E-state index contributed by atoms with van der Waals surface area (Å²) >= 11 is 1.62. The van der Waals surface area contributed by atoms with Gasteiger partial charge in [-0.05, 0) is 24.1 Å². The number of thioether (sulfide) groups is 1. The number of cyclic esters (lactones) is 1. The van der Waals surface area contributed by atoms with Crippen LogP contribution in [0.15, 0.2) is 35.5 Å². The average Bonchev–Trinajstić information content (AvgIpc) is 2.95. The van der Waals surface area contributed by atoms with Gasteiger partial charge in [0.25, 0.3) is 0 Å². The highest BCUT2D eigenvalue weighted by Crippen LogP contribution is 2.32. The van der Waals surface area contributed by atoms with Crippen molar-refractivity contribution >= 4 is 23.6 Å². The Morgan fingerprint density at radius 2 is 2.20 bits per heavy atom. The quantitative estimate of drug-likeness (QED) is 0.571. The highest BCUT2D eigenvalue weighted by atomic mass is 32.2. The minimum Gasteiger partial charge on any atom is -0.508 e. The molecule has 2 unspecified atom stereocenters. The Labute approximate surface area is 150 Å². The lowest BCUT2D eigenvalue weighted by Gasteiger charge is -2.25. The summed E-state index contributed by atoms with van der Waals surface area (Å²) in [6, 6.07) is 5.40. The fourth-order valence-electron chi connectivity index (χ4n) is 2.84. The molecule has 0 saturated carbocycles. The summed E-state index contributed by atoms with van der Waals surface area (Å²) in [4.78, 5) is 24.1.